The fraction of sp³-hybridized carbons (Fsp3) is 0.161. The van der Waals surface area contributed by atoms with Gasteiger partial charge >= 0.3 is 0 Å². The Kier molecular flexibility index (Phi) is 6.81. The SMILES string of the molecule is COc1cc([C@@H]2[C@H]3C(=O)N(c4ccc(Br)cc4)C(=O)[C@@H]3ON2c2ccccc2)ccc1OCc1ccccc1. The molecule has 39 heavy (non-hydrogen) atoms. The highest BCUT2D eigenvalue weighted by molar-refractivity contribution is 9.10. The molecular weight excluding hydrogens is 560 g/mol. The highest BCUT2D eigenvalue weighted by Gasteiger charge is 2.60. The molecule has 8 heteroatoms. The number of fused-ring (bicyclic) bond motifs is 1. The van der Waals surface area contributed by atoms with E-state index in [0.717, 1.165) is 21.3 Å². The smallest absolute Gasteiger partial charge is 0.266 e. The molecule has 2 fully saturated rings. The van der Waals surface area contributed by atoms with Crippen LogP contribution in [0.15, 0.2) is 108 Å². The van der Waals surface area contributed by atoms with E-state index in [0.29, 0.717) is 23.8 Å². The number of benzene rings is 4. The molecule has 0 aromatic heterocycles. The number of amides is 2. The number of imide groups is 1. The van der Waals surface area contributed by atoms with Gasteiger partial charge in [-0.2, -0.15) is 0 Å². The molecule has 7 nitrogen and oxygen atoms in total. The monoisotopic (exact) mass is 584 g/mol. The highest BCUT2D eigenvalue weighted by Crippen LogP contribution is 2.48. The molecule has 0 unspecified atom stereocenters. The fourth-order valence-electron chi connectivity index (χ4n) is 5.12. The molecule has 2 heterocycles. The molecule has 2 aliphatic heterocycles. The third-order valence-corrected chi connectivity index (χ3v) is 7.51. The van der Waals surface area contributed by atoms with E-state index in [1.54, 1.807) is 36.4 Å². The van der Waals surface area contributed by atoms with Crippen LogP contribution in [0.25, 0.3) is 0 Å². The van der Waals surface area contributed by atoms with Gasteiger partial charge in [-0.3, -0.25) is 14.4 Å². The summed E-state index contributed by atoms with van der Waals surface area (Å²) in [6, 6.07) is 31.5. The van der Waals surface area contributed by atoms with E-state index < -0.39 is 18.1 Å². The maximum Gasteiger partial charge on any atom is 0.266 e. The van der Waals surface area contributed by atoms with Gasteiger partial charge in [0.15, 0.2) is 17.6 Å². The number of rotatable bonds is 7. The first-order valence-corrected chi connectivity index (χ1v) is 13.3. The minimum absolute atomic E-state index is 0.306. The normalized spacial score (nSPS) is 20.3. The van der Waals surface area contributed by atoms with Crippen LogP contribution in [0.4, 0.5) is 11.4 Å². The van der Waals surface area contributed by atoms with Gasteiger partial charge in [-0.15, -0.1) is 0 Å². The summed E-state index contributed by atoms with van der Waals surface area (Å²) in [6.07, 6.45) is -0.952. The van der Waals surface area contributed by atoms with Crippen LogP contribution in [0.2, 0.25) is 0 Å². The number of para-hydroxylation sites is 1. The lowest BCUT2D eigenvalue weighted by atomic mass is 9.90. The maximum atomic E-state index is 13.9. The number of carbonyl (C=O) groups is 2. The van der Waals surface area contributed by atoms with E-state index in [4.69, 9.17) is 14.3 Å². The zero-order valence-corrected chi connectivity index (χ0v) is 22.7. The van der Waals surface area contributed by atoms with E-state index in [9.17, 15) is 9.59 Å². The van der Waals surface area contributed by atoms with Crippen molar-refractivity contribution in [2.45, 2.75) is 18.8 Å². The van der Waals surface area contributed by atoms with Crippen molar-refractivity contribution in [3.8, 4) is 11.5 Å². The molecular formula is C31H25BrN2O5. The number of carbonyl (C=O) groups excluding carboxylic acids is 2. The maximum absolute atomic E-state index is 13.9. The van der Waals surface area contributed by atoms with Gasteiger partial charge in [0.1, 0.15) is 12.5 Å². The lowest BCUT2D eigenvalue weighted by Gasteiger charge is -2.29. The first kappa shape index (κ1) is 25.2. The topological polar surface area (TPSA) is 68.3 Å². The quantitative estimate of drug-likeness (QED) is 0.245. The van der Waals surface area contributed by atoms with Gasteiger partial charge in [-0.25, -0.2) is 9.96 Å². The molecule has 4 aromatic rings. The lowest BCUT2D eigenvalue weighted by Crippen LogP contribution is -2.37. The molecule has 0 bridgehead atoms. The molecule has 0 spiro atoms. The largest absolute Gasteiger partial charge is 0.493 e. The van der Waals surface area contributed by atoms with Crippen LogP contribution in [0, 0.1) is 5.92 Å². The van der Waals surface area contributed by atoms with Crippen molar-refractivity contribution >= 4 is 39.1 Å². The first-order valence-electron chi connectivity index (χ1n) is 12.5. The third-order valence-electron chi connectivity index (χ3n) is 6.98. The molecule has 4 aromatic carbocycles. The number of hydrogen-bond acceptors (Lipinski definition) is 6. The number of nitrogens with zero attached hydrogens (tertiary/aromatic N) is 2. The van der Waals surface area contributed by atoms with Crippen LogP contribution < -0.4 is 19.4 Å². The molecule has 0 radical (unpaired) electrons. The summed E-state index contributed by atoms with van der Waals surface area (Å²) in [6.45, 7) is 0.388. The number of hydroxylamine groups is 1. The van der Waals surface area contributed by atoms with Crippen molar-refractivity contribution < 1.29 is 23.9 Å². The van der Waals surface area contributed by atoms with Crippen molar-refractivity contribution in [2.75, 3.05) is 17.1 Å². The van der Waals surface area contributed by atoms with Crippen LogP contribution in [-0.4, -0.2) is 25.0 Å². The Labute approximate surface area is 234 Å². The lowest BCUT2D eigenvalue weighted by molar-refractivity contribution is -0.126. The molecule has 0 aliphatic carbocycles. The molecule has 2 aliphatic rings. The number of ether oxygens (including phenoxy) is 2. The predicted octanol–water partition coefficient (Wildman–Crippen LogP) is 6.09. The Morgan fingerprint density at radius 1 is 0.795 bits per heavy atom. The standard InChI is InChI=1S/C31H25BrN2O5/c1-37-26-18-21(12-17-25(26)38-19-20-8-4-2-5-9-20)28-27-29(39-34(28)24-10-6-3-7-11-24)31(36)33(30(27)35)23-15-13-22(32)14-16-23/h2-18,27-29H,19H2,1H3/t27-,28-,29-/m1/s1. The van der Waals surface area contributed by atoms with Crippen LogP contribution in [-0.2, 0) is 21.0 Å². The van der Waals surface area contributed by atoms with Crippen LogP contribution in [0.5, 0.6) is 11.5 Å². The minimum atomic E-state index is -0.952. The molecule has 2 saturated heterocycles. The van der Waals surface area contributed by atoms with Gasteiger partial charge < -0.3 is 9.47 Å². The summed E-state index contributed by atoms with van der Waals surface area (Å²) in [4.78, 5) is 34.9. The molecule has 196 valence electrons. The molecule has 2 amide bonds. The Morgan fingerprint density at radius 2 is 1.49 bits per heavy atom. The van der Waals surface area contributed by atoms with E-state index in [1.165, 1.54) is 4.90 Å². The fourth-order valence-corrected chi connectivity index (χ4v) is 5.38. The minimum Gasteiger partial charge on any atom is -0.493 e. The Bertz CT molecular complexity index is 1500. The van der Waals surface area contributed by atoms with Gasteiger partial charge in [-0.1, -0.05) is 70.5 Å². The van der Waals surface area contributed by atoms with Crippen molar-refractivity contribution in [2.24, 2.45) is 5.92 Å². The Balaban J connectivity index is 1.36. The highest BCUT2D eigenvalue weighted by atomic mass is 79.9. The molecule has 0 N–H and O–H groups in total. The van der Waals surface area contributed by atoms with Gasteiger partial charge in [0.2, 0.25) is 5.91 Å². The zero-order valence-electron chi connectivity index (χ0n) is 21.1. The van der Waals surface area contributed by atoms with Crippen molar-refractivity contribution in [3.63, 3.8) is 0 Å². The Hall–Kier alpha value is -4.14. The molecule has 3 atom stereocenters. The summed E-state index contributed by atoms with van der Waals surface area (Å²) in [5.41, 5.74) is 3.07. The zero-order chi connectivity index (χ0) is 26.9. The summed E-state index contributed by atoms with van der Waals surface area (Å²) >= 11 is 3.41. The second kappa shape index (κ2) is 10.6. The second-order valence-corrected chi connectivity index (χ2v) is 10.2. The Morgan fingerprint density at radius 3 is 2.18 bits per heavy atom. The summed E-state index contributed by atoms with van der Waals surface area (Å²) in [7, 11) is 1.58. The number of methoxy groups -OCH3 is 1. The second-order valence-electron chi connectivity index (χ2n) is 9.33. The summed E-state index contributed by atoms with van der Waals surface area (Å²) in [5, 5.41) is 1.67. The molecule has 0 saturated carbocycles. The van der Waals surface area contributed by atoms with E-state index >= 15 is 0 Å². The van der Waals surface area contributed by atoms with E-state index in [1.807, 2.05) is 78.9 Å². The van der Waals surface area contributed by atoms with Gasteiger partial charge in [-0.05, 0) is 59.7 Å². The average molecular weight is 585 g/mol. The van der Waals surface area contributed by atoms with Crippen molar-refractivity contribution in [1.82, 2.24) is 0 Å². The predicted molar refractivity (Wildman–Crippen MR) is 150 cm³/mol. The van der Waals surface area contributed by atoms with E-state index in [2.05, 4.69) is 15.9 Å². The van der Waals surface area contributed by atoms with Crippen LogP contribution in [0.1, 0.15) is 17.2 Å². The number of anilines is 2. The third kappa shape index (κ3) is 4.66. The summed E-state index contributed by atoms with van der Waals surface area (Å²) in [5.74, 6) is -0.328. The number of halogens is 1. The first-order chi connectivity index (χ1) is 19.0. The average Bonchev–Trinajstić information content (AvgIpc) is 3.49. The van der Waals surface area contributed by atoms with Crippen molar-refractivity contribution in [1.29, 1.82) is 0 Å². The van der Waals surface area contributed by atoms with Crippen LogP contribution in [0.3, 0.4) is 0 Å². The van der Waals surface area contributed by atoms with E-state index in [-0.39, 0.29) is 11.8 Å². The summed E-state index contributed by atoms with van der Waals surface area (Å²) < 4.78 is 12.6. The van der Waals surface area contributed by atoms with Gasteiger partial charge in [0, 0.05) is 4.47 Å². The van der Waals surface area contributed by atoms with Gasteiger partial charge in [0.25, 0.3) is 5.91 Å². The van der Waals surface area contributed by atoms with Crippen molar-refractivity contribution in [3.05, 3.63) is 119 Å². The van der Waals surface area contributed by atoms with Crippen LogP contribution >= 0.6 is 15.9 Å². The molecule has 6 rings (SSSR count). The number of hydrogen-bond donors (Lipinski definition) is 0. The van der Waals surface area contributed by atoms with Gasteiger partial charge in [0.05, 0.1) is 24.5 Å².